The van der Waals surface area contributed by atoms with Crippen LogP contribution >= 0.6 is 0 Å². The fraction of sp³-hybridized carbons (Fsp3) is 0.438. The normalized spacial score (nSPS) is 11.1. The summed E-state index contributed by atoms with van der Waals surface area (Å²) in [6, 6.07) is 5.38. The fourth-order valence-corrected chi connectivity index (χ4v) is 2.51. The predicted octanol–water partition coefficient (Wildman–Crippen LogP) is 3.03. The third-order valence-electron chi connectivity index (χ3n) is 3.61. The molecule has 0 saturated carbocycles. The van der Waals surface area contributed by atoms with Gasteiger partial charge in [0.25, 0.3) is 0 Å². The number of unbranched alkanes of at least 4 members (excludes halogenated alkanes) is 1. The van der Waals surface area contributed by atoms with E-state index in [0.29, 0.717) is 12.1 Å². The second kappa shape index (κ2) is 6.57. The van der Waals surface area contributed by atoms with Gasteiger partial charge in [-0.1, -0.05) is 13.3 Å². The van der Waals surface area contributed by atoms with Crippen molar-refractivity contribution in [1.29, 1.82) is 0 Å². The quantitative estimate of drug-likeness (QED) is 0.815. The van der Waals surface area contributed by atoms with E-state index in [4.69, 9.17) is 10.8 Å². The van der Waals surface area contributed by atoms with E-state index in [-0.39, 0.29) is 0 Å². The first-order valence-corrected chi connectivity index (χ1v) is 7.22. The van der Waals surface area contributed by atoms with Crippen molar-refractivity contribution in [2.75, 3.05) is 6.54 Å². The number of aromatic nitrogens is 1. The molecule has 1 aromatic carbocycles. The Morgan fingerprint density at radius 2 is 2.15 bits per heavy atom. The van der Waals surface area contributed by atoms with E-state index in [1.165, 1.54) is 5.56 Å². The lowest BCUT2D eigenvalue weighted by atomic mass is 10.1. The van der Waals surface area contributed by atoms with Crippen molar-refractivity contribution < 1.29 is 9.90 Å². The molecule has 0 atom stereocenters. The standard InChI is InChI=1S/C16H22N2O2/c1-2-3-9-18-11-13(5-4-8-17)14-10-12(16(19)20)6-7-15(14)18/h6-7,10-11H,2-5,8-9,17H2,1H3,(H,19,20). The summed E-state index contributed by atoms with van der Waals surface area (Å²) in [7, 11) is 0. The molecule has 0 aliphatic heterocycles. The highest BCUT2D eigenvalue weighted by Crippen LogP contribution is 2.24. The van der Waals surface area contributed by atoms with Crippen molar-refractivity contribution in [2.45, 2.75) is 39.2 Å². The number of aryl methyl sites for hydroxylation is 2. The molecule has 0 fully saturated rings. The number of benzene rings is 1. The van der Waals surface area contributed by atoms with Crippen LogP contribution in [0.15, 0.2) is 24.4 Å². The molecule has 0 saturated heterocycles. The minimum Gasteiger partial charge on any atom is -0.478 e. The van der Waals surface area contributed by atoms with Gasteiger partial charge in [0.05, 0.1) is 5.56 Å². The van der Waals surface area contributed by atoms with Crippen molar-refractivity contribution in [3.8, 4) is 0 Å². The van der Waals surface area contributed by atoms with Crippen LogP contribution < -0.4 is 5.73 Å². The average Bonchev–Trinajstić information content (AvgIpc) is 2.80. The van der Waals surface area contributed by atoms with Gasteiger partial charge in [-0.25, -0.2) is 4.79 Å². The molecule has 1 aromatic heterocycles. The van der Waals surface area contributed by atoms with Gasteiger partial charge < -0.3 is 15.4 Å². The number of nitrogens with two attached hydrogens (primary N) is 1. The molecule has 0 spiro atoms. The summed E-state index contributed by atoms with van der Waals surface area (Å²) in [6.07, 6.45) is 6.24. The van der Waals surface area contributed by atoms with E-state index < -0.39 is 5.97 Å². The number of carboxylic acids is 1. The number of hydrogen-bond donors (Lipinski definition) is 2. The molecule has 0 amide bonds. The summed E-state index contributed by atoms with van der Waals surface area (Å²) in [5, 5.41) is 10.2. The molecule has 20 heavy (non-hydrogen) atoms. The highest BCUT2D eigenvalue weighted by molar-refractivity contribution is 5.95. The molecule has 1 heterocycles. The molecule has 0 aliphatic rings. The van der Waals surface area contributed by atoms with Gasteiger partial charge in [-0.05, 0) is 49.6 Å². The highest BCUT2D eigenvalue weighted by Gasteiger charge is 2.11. The lowest BCUT2D eigenvalue weighted by molar-refractivity contribution is 0.0697. The molecule has 108 valence electrons. The van der Waals surface area contributed by atoms with Crippen LogP contribution in [0, 0.1) is 0 Å². The molecule has 3 N–H and O–H groups in total. The topological polar surface area (TPSA) is 68.2 Å². The van der Waals surface area contributed by atoms with Gasteiger partial charge in [-0.2, -0.15) is 0 Å². The molecule has 4 heteroatoms. The van der Waals surface area contributed by atoms with Crippen molar-refractivity contribution in [3.05, 3.63) is 35.5 Å². The molecule has 2 aromatic rings. The molecule has 0 aliphatic carbocycles. The Hall–Kier alpha value is -1.81. The van der Waals surface area contributed by atoms with Crippen LogP contribution in [0.25, 0.3) is 10.9 Å². The van der Waals surface area contributed by atoms with Crippen LogP contribution in [0.5, 0.6) is 0 Å². The first kappa shape index (κ1) is 14.6. The van der Waals surface area contributed by atoms with Crippen molar-refractivity contribution in [1.82, 2.24) is 4.57 Å². The number of carbonyl (C=O) groups is 1. The Morgan fingerprint density at radius 1 is 1.35 bits per heavy atom. The summed E-state index contributed by atoms with van der Waals surface area (Å²) in [6.45, 7) is 3.80. The van der Waals surface area contributed by atoms with Gasteiger partial charge in [0.15, 0.2) is 0 Å². The largest absolute Gasteiger partial charge is 0.478 e. The fourth-order valence-electron chi connectivity index (χ4n) is 2.51. The van der Waals surface area contributed by atoms with Crippen molar-refractivity contribution in [2.24, 2.45) is 5.73 Å². The van der Waals surface area contributed by atoms with Crippen molar-refractivity contribution in [3.63, 3.8) is 0 Å². The zero-order valence-corrected chi connectivity index (χ0v) is 11.9. The Morgan fingerprint density at radius 3 is 2.80 bits per heavy atom. The monoisotopic (exact) mass is 274 g/mol. The van der Waals surface area contributed by atoms with Crippen LogP contribution in [-0.4, -0.2) is 22.2 Å². The summed E-state index contributed by atoms with van der Waals surface area (Å²) >= 11 is 0. The van der Waals surface area contributed by atoms with Gasteiger partial charge in [0.1, 0.15) is 0 Å². The van der Waals surface area contributed by atoms with E-state index in [9.17, 15) is 4.79 Å². The maximum Gasteiger partial charge on any atom is 0.335 e. The number of fused-ring (bicyclic) bond motifs is 1. The summed E-state index contributed by atoms with van der Waals surface area (Å²) in [5.41, 5.74) is 8.25. The predicted molar refractivity (Wildman–Crippen MR) is 81.2 cm³/mol. The van der Waals surface area contributed by atoms with Gasteiger partial charge >= 0.3 is 5.97 Å². The van der Waals surface area contributed by atoms with E-state index >= 15 is 0 Å². The number of hydrogen-bond acceptors (Lipinski definition) is 2. The van der Waals surface area contributed by atoms with Crippen LogP contribution in [-0.2, 0) is 13.0 Å². The van der Waals surface area contributed by atoms with Crippen molar-refractivity contribution >= 4 is 16.9 Å². The SMILES string of the molecule is CCCCn1cc(CCCN)c2cc(C(=O)O)ccc21. The van der Waals surface area contributed by atoms with Crippen LogP contribution in [0.4, 0.5) is 0 Å². The van der Waals surface area contributed by atoms with Gasteiger partial charge in [0.2, 0.25) is 0 Å². The third kappa shape index (κ3) is 3.02. The molecule has 2 rings (SSSR count). The van der Waals surface area contributed by atoms with Crippen LogP contribution in [0.2, 0.25) is 0 Å². The van der Waals surface area contributed by atoms with Crippen LogP contribution in [0.3, 0.4) is 0 Å². The second-order valence-corrected chi connectivity index (χ2v) is 5.13. The van der Waals surface area contributed by atoms with Gasteiger partial charge in [-0.3, -0.25) is 0 Å². The maximum absolute atomic E-state index is 11.1. The summed E-state index contributed by atoms with van der Waals surface area (Å²) in [5.74, 6) is -0.877. The smallest absolute Gasteiger partial charge is 0.335 e. The Balaban J connectivity index is 2.45. The van der Waals surface area contributed by atoms with Crippen LogP contribution in [0.1, 0.15) is 42.1 Å². The molecule has 4 nitrogen and oxygen atoms in total. The van der Waals surface area contributed by atoms with E-state index in [2.05, 4.69) is 17.7 Å². The van der Waals surface area contributed by atoms with E-state index in [1.807, 2.05) is 6.07 Å². The average molecular weight is 274 g/mol. The number of aromatic carboxylic acids is 1. The first-order valence-electron chi connectivity index (χ1n) is 7.22. The molecule has 0 unspecified atom stereocenters. The number of carboxylic acid groups (broad SMARTS) is 1. The van der Waals surface area contributed by atoms with Gasteiger partial charge in [0, 0.05) is 23.6 Å². The second-order valence-electron chi connectivity index (χ2n) is 5.13. The minimum atomic E-state index is -0.877. The Bertz CT molecular complexity index is 602. The minimum absolute atomic E-state index is 0.347. The molecule has 0 bridgehead atoms. The number of rotatable bonds is 7. The third-order valence-corrected chi connectivity index (χ3v) is 3.61. The van der Waals surface area contributed by atoms with Gasteiger partial charge in [-0.15, -0.1) is 0 Å². The van der Waals surface area contributed by atoms with E-state index in [0.717, 1.165) is 43.1 Å². The lowest BCUT2D eigenvalue weighted by Gasteiger charge is -2.04. The Labute approximate surface area is 119 Å². The maximum atomic E-state index is 11.1. The Kier molecular flexibility index (Phi) is 4.79. The zero-order valence-electron chi connectivity index (χ0n) is 11.9. The van der Waals surface area contributed by atoms with E-state index in [1.54, 1.807) is 12.1 Å². The summed E-state index contributed by atoms with van der Waals surface area (Å²) in [4.78, 5) is 11.1. The lowest BCUT2D eigenvalue weighted by Crippen LogP contribution is -2.00. The molecular formula is C16H22N2O2. The molecular weight excluding hydrogens is 252 g/mol. The molecule has 0 radical (unpaired) electrons. The first-order chi connectivity index (χ1) is 9.67. The summed E-state index contributed by atoms with van der Waals surface area (Å²) < 4.78 is 2.23. The highest BCUT2D eigenvalue weighted by atomic mass is 16.4. The zero-order chi connectivity index (χ0) is 14.5. The number of nitrogens with zero attached hydrogens (tertiary/aromatic N) is 1.